The van der Waals surface area contributed by atoms with Gasteiger partial charge in [0, 0.05) is 25.4 Å². The van der Waals surface area contributed by atoms with Crippen LogP contribution in [0.15, 0.2) is 24.3 Å². The fraction of sp³-hybridized carbons (Fsp3) is 0.273. The Labute approximate surface area is 110 Å². The lowest BCUT2D eigenvalue weighted by molar-refractivity contribution is 0.202. The average Bonchev–Trinajstić information content (AvgIpc) is 2.37. The van der Waals surface area contributed by atoms with Crippen LogP contribution in [-0.2, 0) is 5.75 Å². The van der Waals surface area contributed by atoms with Crippen LogP contribution < -0.4 is 15.4 Å². The lowest BCUT2D eigenvalue weighted by atomic mass is 10.2. The van der Waals surface area contributed by atoms with E-state index >= 15 is 0 Å². The highest BCUT2D eigenvalue weighted by molar-refractivity contribution is 8.22. The summed E-state index contributed by atoms with van der Waals surface area (Å²) in [5, 5.41) is 5.29. The van der Waals surface area contributed by atoms with Gasteiger partial charge in [-0.25, -0.2) is 4.79 Å². The molecule has 1 rings (SSSR count). The number of hydrogen-bond donors (Lipinski definition) is 2. The second-order valence-corrected chi connectivity index (χ2v) is 4.73. The van der Waals surface area contributed by atoms with Gasteiger partial charge in [-0.05, 0) is 6.07 Å². The molecule has 0 spiro atoms. The molecule has 0 saturated carbocycles. The maximum Gasteiger partial charge on any atom is 0.412 e. The summed E-state index contributed by atoms with van der Waals surface area (Å²) in [7, 11) is 3.30. The van der Waals surface area contributed by atoms with Crippen molar-refractivity contribution in [3.63, 3.8) is 0 Å². The monoisotopic (exact) mass is 270 g/mol. The van der Waals surface area contributed by atoms with Gasteiger partial charge in [0.2, 0.25) is 0 Å². The van der Waals surface area contributed by atoms with Crippen LogP contribution in [0.2, 0.25) is 0 Å². The van der Waals surface area contributed by atoms with E-state index in [-0.39, 0.29) is 0 Å². The summed E-state index contributed by atoms with van der Waals surface area (Å²) in [5.41, 5.74) is 0.929. The minimum absolute atomic E-state index is 0.473. The minimum atomic E-state index is -0.473. The molecule has 0 unspecified atom stereocenters. The first-order chi connectivity index (χ1) is 8.17. The van der Waals surface area contributed by atoms with E-state index in [0.717, 1.165) is 5.56 Å². The van der Waals surface area contributed by atoms with Crippen molar-refractivity contribution in [2.45, 2.75) is 5.75 Å². The summed E-state index contributed by atoms with van der Waals surface area (Å²) < 4.78 is 5.84. The van der Waals surface area contributed by atoms with Crippen molar-refractivity contribution in [3.8, 4) is 5.75 Å². The van der Waals surface area contributed by atoms with Crippen LogP contribution in [0.1, 0.15) is 5.56 Å². The quantitative estimate of drug-likeness (QED) is 0.824. The summed E-state index contributed by atoms with van der Waals surface area (Å²) in [4.78, 5) is 11.1. The predicted molar refractivity (Wildman–Crippen MR) is 74.5 cm³/mol. The molecule has 1 aromatic rings. The minimum Gasteiger partial charge on any atom is -0.410 e. The average molecular weight is 270 g/mol. The normalized spacial score (nSPS) is 9.53. The molecule has 0 aliphatic rings. The predicted octanol–water partition coefficient (Wildman–Crippen LogP) is 2.14. The number of amides is 1. The Morgan fingerprint density at radius 2 is 2.06 bits per heavy atom. The van der Waals surface area contributed by atoms with E-state index in [2.05, 4.69) is 10.6 Å². The molecule has 0 aliphatic heterocycles. The molecule has 0 aliphatic carbocycles. The second kappa shape index (κ2) is 7.13. The van der Waals surface area contributed by atoms with E-state index in [1.54, 1.807) is 13.1 Å². The zero-order valence-electron chi connectivity index (χ0n) is 9.65. The van der Waals surface area contributed by atoms with Crippen LogP contribution >= 0.6 is 24.0 Å². The van der Waals surface area contributed by atoms with E-state index in [1.807, 2.05) is 18.2 Å². The summed E-state index contributed by atoms with van der Waals surface area (Å²) >= 11 is 6.53. The van der Waals surface area contributed by atoms with E-state index in [1.165, 1.54) is 18.8 Å². The van der Waals surface area contributed by atoms with Crippen molar-refractivity contribution >= 4 is 34.4 Å². The zero-order valence-corrected chi connectivity index (χ0v) is 11.3. The van der Waals surface area contributed by atoms with E-state index in [0.29, 0.717) is 15.8 Å². The molecular weight excluding hydrogens is 256 g/mol. The number of benzene rings is 1. The smallest absolute Gasteiger partial charge is 0.410 e. The Morgan fingerprint density at radius 3 is 2.71 bits per heavy atom. The number of para-hydroxylation sites is 1. The number of carbonyl (C=O) groups excluding carboxylic acids is 1. The van der Waals surface area contributed by atoms with Crippen molar-refractivity contribution in [1.82, 2.24) is 10.6 Å². The molecule has 17 heavy (non-hydrogen) atoms. The van der Waals surface area contributed by atoms with Gasteiger partial charge in [0.1, 0.15) is 10.1 Å². The number of carbonyl (C=O) groups is 1. The Hall–Kier alpha value is -1.27. The van der Waals surface area contributed by atoms with Crippen LogP contribution in [0.25, 0.3) is 0 Å². The van der Waals surface area contributed by atoms with E-state index in [4.69, 9.17) is 17.0 Å². The van der Waals surface area contributed by atoms with Gasteiger partial charge in [0.15, 0.2) is 0 Å². The van der Waals surface area contributed by atoms with Crippen molar-refractivity contribution in [2.24, 2.45) is 0 Å². The van der Waals surface area contributed by atoms with Gasteiger partial charge in [0.05, 0.1) is 0 Å². The number of rotatable bonds is 3. The molecule has 0 heterocycles. The molecule has 0 bridgehead atoms. The van der Waals surface area contributed by atoms with Crippen LogP contribution in [0.4, 0.5) is 4.79 Å². The highest BCUT2D eigenvalue weighted by Crippen LogP contribution is 2.23. The third-order valence-corrected chi connectivity index (χ3v) is 3.42. The molecule has 0 radical (unpaired) electrons. The molecule has 0 fully saturated rings. The third kappa shape index (κ3) is 4.62. The topological polar surface area (TPSA) is 50.4 Å². The number of nitrogens with one attached hydrogen (secondary N) is 2. The van der Waals surface area contributed by atoms with Gasteiger partial charge in [-0.1, -0.05) is 42.2 Å². The molecule has 1 aromatic carbocycles. The maximum absolute atomic E-state index is 11.1. The molecule has 2 N–H and O–H groups in total. The highest BCUT2D eigenvalue weighted by Gasteiger charge is 2.07. The lowest BCUT2D eigenvalue weighted by Gasteiger charge is -2.09. The summed E-state index contributed by atoms with van der Waals surface area (Å²) in [6.45, 7) is 0. The summed E-state index contributed by atoms with van der Waals surface area (Å²) in [5.74, 6) is 1.21. The third-order valence-electron chi connectivity index (χ3n) is 1.94. The molecule has 0 saturated heterocycles. The molecule has 0 aromatic heterocycles. The van der Waals surface area contributed by atoms with Gasteiger partial charge < -0.3 is 15.4 Å². The van der Waals surface area contributed by atoms with Crippen molar-refractivity contribution in [3.05, 3.63) is 29.8 Å². The number of thiocarbonyl (C=S) groups is 1. The Balaban J connectivity index is 2.70. The van der Waals surface area contributed by atoms with Gasteiger partial charge in [-0.15, -0.1) is 0 Å². The largest absolute Gasteiger partial charge is 0.412 e. The highest BCUT2D eigenvalue weighted by atomic mass is 32.2. The fourth-order valence-electron chi connectivity index (χ4n) is 1.09. The van der Waals surface area contributed by atoms with Crippen LogP contribution in [0, 0.1) is 0 Å². The van der Waals surface area contributed by atoms with Crippen LogP contribution in [0.5, 0.6) is 5.75 Å². The van der Waals surface area contributed by atoms with Gasteiger partial charge >= 0.3 is 6.09 Å². The zero-order chi connectivity index (χ0) is 12.7. The van der Waals surface area contributed by atoms with Crippen LogP contribution in [-0.4, -0.2) is 24.5 Å². The number of thioether (sulfide) groups is 1. The first-order valence-corrected chi connectivity index (χ1v) is 6.38. The standard InChI is InChI=1S/C11H14N2O2S2/c1-12-10(14)15-9-6-4-3-5-8(9)7-17-11(16)13-2/h3-6H,7H2,1-2H3,(H,12,14)(H,13,16). The van der Waals surface area contributed by atoms with Crippen molar-refractivity contribution in [2.75, 3.05) is 14.1 Å². The number of ether oxygens (including phenoxy) is 1. The Morgan fingerprint density at radius 1 is 1.35 bits per heavy atom. The van der Waals surface area contributed by atoms with E-state index in [9.17, 15) is 4.79 Å². The van der Waals surface area contributed by atoms with Crippen LogP contribution in [0.3, 0.4) is 0 Å². The lowest BCUT2D eigenvalue weighted by Crippen LogP contribution is -2.22. The summed E-state index contributed by atoms with van der Waals surface area (Å²) in [6, 6.07) is 7.38. The molecule has 0 atom stereocenters. The fourth-order valence-corrected chi connectivity index (χ4v) is 1.94. The Kier molecular flexibility index (Phi) is 5.79. The molecule has 92 valence electrons. The SMILES string of the molecule is CNC(=O)Oc1ccccc1CSC(=S)NC. The first kappa shape index (κ1) is 13.8. The second-order valence-electron chi connectivity index (χ2n) is 3.07. The molecular formula is C11H14N2O2S2. The number of hydrogen-bond acceptors (Lipinski definition) is 4. The Bertz CT molecular complexity index is 410. The first-order valence-electron chi connectivity index (χ1n) is 4.99. The van der Waals surface area contributed by atoms with Gasteiger partial charge in [-0.3, -0.25) is 0 Å². The molecule has 1 amide bonds. The van der Waals surface area contributed by atoms with E-state index < -0.39 is 6.09 Å². The van der Waals surface area contributed by atoms with Gasteiger partial charge in [-0.2, -0.15) is 0 Å². The molecule has 6 heteroatoms. The molecule has 4 nitrogen and oxygen atoms in total. The van der Waals surface area contributed by atoms with Gasteiger partial charge in [0.25, 0.3) is 0 Å². The maximum atomic E-state index is 11.1. The van der Waals surface area contributed by atoms with Crippen molar-refractivity contribution < 1.29 is 9.53 Å². The van der Waals surface area contributed by atoms with Crippen molar-refractivity contribution in [1.29, 1.82) is 0 Å². The summed E-state index contributed by atoms with van der Waals surface area (Å²) in [6.07, 6.45) is -0.473.